The second kappa shape index (κ2) is 4.93. The molecule has 0 unspecified atom stereocenters. The van der Waals surface area contributed by atoms with Gasteiger partial charge in [-0.3, -0.25) is 0 Å². The van der Waals surface area contributed by atoms with Gasteiger partial charge in [-0.15, -0.1) is 0 Å². The Kier molecular flexibility index (Phi) is 3.34. The van der Waals surface area contributed by atoms with Crippen molar-refractivity contribution >= 4 is 16.1 Å². The minimum absolute atomic E-state index is 0.0262. The summed E-state index contributed by atoms with van der Waals surface area (Å²) in [6.45, 7) is 0. The van der Waals surface area contributed by atoms with Gasteiger partial charge in [0.05, 0.1) is 0 Å². The number of non-ortho nitro benzene ring substituents is 1. The Hall–Kier alpha value is -1.72. The van der Waals surface area contributed by atoms with Crippen LogP contribution in [0.25, 0.3) is 11.1 Å². The number of nitro benzene ring substituents is 1. The molecule has 0 aromatic heterocycles. The van der Waals surface area contributed by atoms with Gasteiger partial charge >= 0.3 is 130 Å². The van der Waals surface area contributed by atoms with Crippen molar-refractivity contribution in [1.29, 1.82) is 0 Å². The van der Waals surface area contributed by atoms with Gasteiger partial charge in [-0.1, -0.05) is 0 Å². The first-order chi connectivity index (χ1) is 9.83. The van der Waals surface area contributed by atoms with E-state index in [0.29, 0.717) is 0 Å². The van der Waals surface area contributed by atoms with Gasteiger partial charge in [0.15, 0.2) is 0 Å². The molecule has 0 atom stereocenters. The molecule has 2 aromatic rings. The molecular formula is C12H7INO6S-. The van der Waals surface area contributed by atoms with Crippen molar-refractivity contribution in [2.45, 2.75) is 0 Å². The van der Waals surface area contributed by atoms with E-state index in [4.69, 9.17) is 4.55 Å². The van der Waals surface area contributed by atoms with Crippen molar-refractivity contribution in [2.75, 3.05) is 0 Å². The van der Waals surface area contributed by atoms with Crippen LogP contribution in [0.15, 0.2) is 36.4 Å². The van der Waals surface area contributed by atoms with Gasteiger partial charge in [0.2, 0.25) is 0 Å². The van der Waals surface area contributed by atoms with E-state index in [1.54, 1.807) is 24.3 Å². The van der Waals surface area contributed by atoms with Crippen LogP contribution >= 0.6 is 0 Å². The molecule has 1 aliphatic heterocycles. The van der Waals surface area contributed by atoms with Gasteiger partial charge < -0.3 is 0 Å². The Balaban J connectivity index is 2.01. The molecule has 0 radical (unpaired) electrons. The van der Waals surface area contributed by atoms with Crippen molar-refractivity contribution in [3.8, 4) is 16.9 Å². The summed E-state index contributed by atoms with van der Waals surface area (Å²) in [6.07, 6.45) is 0. The molecule has 3 rings (SSSR count). The molecule has 0 bridgehead atoms. The fraction of sp³-hybridized carbons (Fsp3) is 0. The standard InChI is InChI=1S/C12H7INO6S/c15-14(16)7-1-3-9-10-4-2-8(20-21(17,18)19)6-12(10)13-11(9)5-7/h1-6H,(H,17,18,19)/q-1. The van der Waals surface area contributed by atoms with E-state index in [-0.39, 0.29) is 11.4 Å². The number of nitro groups is 1. The molecule has 110 valence electrons. The summed E-state index contributed by atoms with van der Waals surface area (Å²) in [4.78, 5) is 10.3. The Labute approximate surface area is 129 Å². The molecule has 0 aliphatic carbocycles. The van der Waals surface area contributed by atoms with Crippen LogP contribution in [0.3, 0.4) is 0 Å². The molecule has 0 amide bonds. The summed E-state index contributed by atoms with van der Waals surface area (Å²) < 4.78 is 36.3. The normalized spacial score (nSPS) is 13.0. The third-order valence-electron chi connectivity index (χ3n) is 2.80. The van der Waals surface area contributed by atoms with Crippen molar-refractivity contribution in [2.24, 2.45) is 0 Å². The molecule has 0 saturated carbocycles. The fourth-order valence-corrected chi connectivity index (χ4v) is 5.42. The van der Waals surface area contributed by atoms with Crippen LogP contribution in [0.1, 0.15) is 0 Å². The summed E-state index contributed by atoms with van der Waals surface area (Å²) in [6, 6.07) is 9.36. The topological polar surface area (TPSA) is 107 Å². The van der Waals surface area contributed by atoms with Crippen LogP contribution in [0.4, 0.5) is 5.69 Å². The third-order valence-corrected chi connectivity index (χ3v) is 6.15. The SMILES string of the molecule is O=[N+]([O-])c1ccc2c(c1)[I-]c1cc(OS(=O)(=O)O)ccc1-2. The Morgan fingerprint density at radius 3 is 2.33 bits per heavy atom. The zero-order chi connectivity index (χ0) is 15.2. The average Bonchev–Trinajstić information content (AvgIpc) is 2.72. The molecule has 1 N–H and O–H groups in total. The first kappa shape index (κ1) is 14.2. The molecule has 0 fully saturated rings. The van der Waals surface area contributed by atoms with E-state index in [0.717, 1.165) is 18.3 Å². The Morgan fingerprint density at radius 1 is 1.10 bits per heavy atom. The van der Waals surface area contributed by atoms with E-state index in [9.17, 15) is 18.5 Å². The predicted octanol–water partition coefficient (Wildman–Crippen LogP) is -1.11. The molecule has 0 spiro atoms. The number of benzene rings is 2. The molecule has 1 aliphatic rings. The number of nitrogens with zero attached hydrogens (tertiary/aromatic N) is 1. The number of fused-ring (bicyclic) bond motifs is 3. The number of rotatable bonds is 3. The summed E-state index contributed by atoms with van der Waals surface area (Å²) in [7, 11) is -4.56. The Bertz CT molecular complexity index is 864. The quantitative estimate of drug-likeness (QED) is 0.249. The third kappa shape index (κ3) is 2.84. The summed E-state index contributed by atoms with van der Waals surface area (Å²) in [5.74, 6) is 0.0262. The number of halogens is 1. The zero-order valence-electron chi connectivity index (χ0n) is 10.2. The van der Waals surface area contributed by atoms with Gasteiger partial charge in [-0.2, -0.15) is 0 Å². The van der Waals surface area contributed by atoms with Gasteiger partial charge in [0.25, 0.3) is 0 Å². The van der Waals surface area contributed by atoms with Gasteiger partial charge in [-0.25, -0.2) is 0 Å². The van der Waals surface area contributed by atoms with E-state index < -0.39 is 36.5 Å². The molecular weight excluding hydrogens is 413 g/mol. The van der Waals surface area contributed by atoms with Crippen molar-refractivity contribution in [1.82, 2.24) is 0 Å². The zero-order valence-corrected chi connectivity index (χ0v) is 13.2. The predicted molar refractivity (Wildman–Crippen MR) is 68.1 cm³/mol. The minimum atomic E-state index is -4.56. The molecule has 21 heavy (non-hydrogen) atoms. The van der Waals surface area contributed by atoms with Crippen molar-refractivity contribution in [3.63, 3.8) is 0 Å². The van der Waals surface area contributed by atoms with Crippen LogP contribution in [0.2, 0.25) is 0 Å². The molecule has 9 heteroatoms. The van der Waals surface area contributed by atoms with E-state index in [2.05, 4.69) is 4.18 Å². The van der Waals surface area contributed by atoms with Crippen LogP contribution in [-0.4, -0.2) is 17.9 Å². The van der Waals surface area contributed by atoms with Crippen LogP contribution in [0, 0.1) is 17.3 Å². The molecule has 7 nitrogen and oxygen atoms in total. The monoisotopic (exact) mass is 420 g/mol. The van der Waals surface area contributed by atoms with E-state index in [1.807, 2.05) is 0 Å². The van der Waals surface area contributed by atoms with E-state index in [1.165, 1.54) is 12.1 Å². The van der Waals surface area contributed by atoms with Crippen LogP contribution in [0.5, 0.6) is 5.75 Å². The fourth-order valence-electron chi connectivity index (χ4n) is 1.99. The average molecular weight is 420 g/mol. The maximum atomic E-state index is 10.8. The second-order valence-corrected chi connectivity index (χ2v) is 8.05. The van der Waals surface area contributed by atoms with Crippen molar-refractivity contribution in [3.05, 3.63) is 53.7 Å². The molecule has 2 aromatic carbocycles. The summed E-state index contributed by atoms with van der Waals surface area (Å²) >= 11 is -0.660. The summed E-state index contributed by atoms with van der Waals surface area (Å²) in [5.41, 5.74) is 1.87. The van der Waals surface area contributed by atoms with E-state index >= 15 is 0 Å². The maximum absolute atomic E-state index is 10.8. The van der Waals surface area contributed by atoms with Gasteiger partial charge in [0, 0.05) is 0 Å². The first-order valence-electron chi connectivity index (χ1n) is 5.58. The van der Waals surface area contributed by atoms with Crippen LogP contribution in [-0.2, 0) is 10.4 Å². The Morgan fingerprint density at radius 2 is 1.71 bits per heavy atom. The number of hydrogen-bond donors (Lipinski definition) is 1. The van der Waals surface area contributed by atoms with Crippen molar-refractivity contribution < 1.29 is 43.3 Å². The van der Waals surface area contributed by atoms with Gasteiger partial charge in [0.1, 0.15) is 0 Å². The molecule has 0 saturated heterocycles. The summed E-state index contributed by atoms with van der Waals surface area (Å²) in [5, 5.41) is 10.8. The number of hydrogen-bond acceptors (Lipinski definition) is 5. The van der Waals surface area contributed by atoms with Gasteiger partial charge in [-0.05, 0) is 0 Å². The van der Waals surface area contributed by atoms with Crippen LogP contribution < -0.4 is 25.4 Å². The molecule has 1 heterocycles. The first-order valence-corrected chi connectivity index (χ1v) is 9.10. The second-order valence-electron chi connectivity index (χ2n) is 4.17.